The number of fused-ring (bicyclic) bond motifs is 1. The van der Waals surface area contributed by atoms with Crippen molar-refractivity contribution >= 4 is 27.5 Å². The van der Waals surface area contributed by atoms with Gasteiger partial charge in [0, 0.05) is 18.7 Å². The average molecular weight is 458 g/mol. The van der Waals surface area contributed by atoms with Crippen molar-refractivity contribution in [1.82, 2.24) is 10.0 Å². The third kappa shape index (κ3) is 5.19. The minimum Gasteiger partial charge on any atom is -0.348 e. The number of benzene rings is 2. The fourth-order valence-corrected chi connectivity index (χ4v) is 5.25. The van der Waals surface area contributed by atoms with Gasteiger partial charge < -0.3 is 10.2 Å². The molecule has 2 N–H and O–H groups in total. The van der Waals surface area contributed by atoms with E-state index in [0.29, 0.717) is 19.4 Å². The second-order valence-electron chi connectivity index (χ2n) is 8.42. The molecule has 32 heavy (non-hydrogen) atoms. The number of sulfonamides is 1. The predicted molar refractivity (Wildman–Crippen MR) is 125 cm³/mol. The number of nitrogens with zero attached hydrogens (tertiary/aromatic N) is 1. The minimum absolute atomic E-state index is 0.0153. The van der Waals surface area contributed by atoms with Gasteiger partial charge in [0.2, 0.25) is 21.8 Å². The normalized spacial score (nSPS) is 15.3. The highest BCUT2D eigenvalue weighted by molar-refractivity contribution is 7.89. The summed E-state index contributed by atoms with van der Waals surface area (Å²) in [5.41, 5.74) is 2.51. The highest BCUT2D eigenvalue weighted by Gasteiger charge is 2.31. The molecule has 2 atom stereocenters. The highest BCUT2D eigenvalue weighted by Crippen LogP contribution is 2.30. The summed E-state index contributed by atoms with van der Waals surface area (Å²) in [7, 11) is -3.93. The fraction of sp³-hybridized carbons (Fsp3) is 0.417. The lowest BCUT2D eigenvalue weighted by Crippen LogP contribution is -2.50. The van der Waals surface area contributed by atoms with Crippen LogP contribution < -0.4 is 14.9 Å². The van der Waals surface area contributed by atoms with Crippen molar-refractivity contribution < 1.29 is 18.0 Å². The maximum absolute atomic E-state index is 13.1. The molecule has 2 aromatic carbocycles. The molecule has 0 aliphatic carbocycles. The minimum atomic E-state index is -3.93. The summed E-state index contributed by atoms with van der Waals surface area (Å²) in [6.07, 6.45) is 1.00. The quantitative estimate of drug-likeness (QED) is 0.636. The molecule has 1 heterocycles. The molecule has 0 fully saturated rings. The van der Waals surface area contributed by atoms with Crippen LogP contribution in [0.4, 0.5) is 5.69 Å². The highest BCUT2D eigenvalue weighted by atomic mass is 32.2. The molecule has 3 rings (SSSR count). The second kappa shape index (κ2) is 9.83. The van der Waals surface area contributed by atoms with Gasteiger partial charge in [0.1, 0.15) is 6.04 Å². The molecule has 0 radical (unpaired) electrons. The summed E-state index contributed by atoms with van der Waals surface area (Å²) < 4.78 is 28.8. The Labute approximate surface area is 190 Å². The maximum Gasteiger partial charge on any atom is 0.241 e. The number of hydrogen-bond acceptors (Lipinski definition) is 4. The molecule has 0 aromatic heterocycles. The van der Waals surface area contributed by atoms with Crippen molar-refractivity contribution in [3.05, 3.63) is 59.7 Å². The lowest BCUT2D eigenvalue weighted by Gasteiger charge is -2.24. The van der Waals surface area contributed by atoms with Crippen LogP contribution in [0.15, 0.2) is 53.4 Å². The van der Waals surface area contributed by atoms with E-state index in [9.17, 15) is 18.0 Å². The van der Waals surface area contributed by atoms with Crippen LogP contribution in [0.5, 0.6) is 0 Å². The van der Waals surface area contributed by atoms with Gasteiger partial charge >= 0.3 is 0 Å². The van der Waals surface area contributed by atoms with Crippen LogP contribution in [-0.2, 0) is 26.0 Å². The Balaban J connectivity index is 1.77. The Morgan fingerprint density at radius 3 is 2.38 bits per heavy atom. The Morgan fingerprint density at radius 2 is 1.75 bits per heavy atom. The number of rotatable bonds is 8. The van der Waals surface area contributed by atoms with E-state index in [1.807, 2.05) is 37.3 Å². The van der Waals surface area contributed by atoms with Gasteiger partial charge in [-0.05, 0) is 48.6 Å². The number of anilines is 1. The van der Waals surface area contributed by atoms with Crippen LogP contribution >= 0.6 is 0 Å². The van der Waals surface area contributed by atoms with Crippen molar-refractivity contribution in [3.63, 3.8) is 0 Å². The van der Waals surface area contributed by atoms with Crippen molar-refractivity contribution in [3.8, 4) is 0 Å². The van der Waals surface area contributed by atoms with Crippen molar-refractivity contribution in [2.45, 2.75) is 57.5 Å². The van der Waals surface area contributed by atoms with Gasteiger partial charge in [-0.15, -0.1) is 0 Å². The third-order valence-corrected chi connectivity index (χ3v) is 7.19. The SMILES string of the molecule is CCC(=O)N1CCc2cc(S(=O)(=O)N[C@@H](C(=O)N[C@@H](C)c3ccccc3)C(C)C)ccc21. The topological polar surface area (TPSA) is 95.6 Å². The first-order valence-corrected chi connectivity index (χ1v) is 12.4. The Morgan fingerprint density at radius 1 is 1.06 bits per heavy atom. The van der Waals surface area contributed by atoms with Gasteiger partial charge in [-0.3, -0.25) is 9.59 Å². The lowest BCUT2D eigenvalue weighted by atomic mass is 10.0. The smallest absolute Gasteiger partial charge is 0.241 e. The molecular weight excluding hydrogens is 426 g/mol. The Bertz CT molecular complexity index is 1080. The molecule has 0 bridgehead atoms. The summed E-state index contributed by atoms with van der Waals surface area (Å²) in [6.45, 7) is 7.82. The first-order chi connectivity index (χ1) is 15.1. The molecule has 2 aromatic rings. The number of carbonyl (C=O) groups is 2. The largest absolute Gasteiger partial charge is 0.348 e. The predicted octanol–water partition coefficient (Wildman–Crippen LogP) is 3.17. The van der Waals surface area contributed by atoms with Crippen molar-refractivity contribution in [2.24, 2.45) is 5.92 Å². The van der Waals surface area contributed by atoms with Gasteiger partial charge in [0.25, 0.3) is 0 Å². The van der Waals surface area contributed by atoms with Gasteiger partial charge in [0.05, 0.1) is 10.9 Å². The summed E-state index contributed by atoms with van der Waals surface area (Å²) in [4.78, 5) is 26.8. The molecule has 7 nitrogen and oxygen atoms in total. The van der Waals surface area contributed by atoms with E-state index in [0.717, 1.165) is 16.8 Å². The number of amides is 2. The monoisotopic (exact) mass is 457 g/mol. The molecule has 0 unspecified atom stereocenters. The molecule has 0 spiro atoms. The molecule has 1 aliphatic heterocycles. The van der Waals surface area contributed by atoms with E-state index < -0.39 is 16.1 Å². The van der Waals surface area contributed by atoms with Crippen molar-refractivity contribution in [1.29, 1.82) is 0 Å². The van der Waals surface area contributed by atoms with E-state index in [4.69, 9.17) is 0 Å². The van der Waals surface area contributed by atoms with E-state index in [1.54, 1.807) is 37.8 Å². The fourth-order valence-electron chi connectivity index (χ4n) is 3.85. The maximum atomic E-state index is 13.1. The van der Waals surface area contributed by atoms with Crippen LogP contribution in [-0.4, -0.2) is 32.8 Å². The number of hydrogen-bond donors (Lipinski definition) is 2. The van der Waals surface area contributed by atoms with Crippen LogP contribution in [0.3, 0.4) is 0 Å². The van der Waals surface area contributed by atoms with E-state index >= 15 is 0 Å². The first kappa shape index (κ1) is 23.9. The standard InChI is InChI=1S/C24H31N3O4S/c1-5-22(28)27-14-13-19-15-20(11-12-21(19)27)32(30,31)26-23(16(2)3)24(29)25-17(4)18-9-7-6-8-10-18/h6-12,15-17,23,26H,5,13-14H2,1-4H3,(H,25,29)/t17-,23+/m0/s1. The van der Waals surface area contributed by atoms with Gasteiger partial charge in [-0.1, -0.05) is 51.1 Å². The second-order valence-corrected chi connectivity index (χ2v) is 10.1. The molecule has 172 valence electrons. The zero-order valence-electron chi connectivity index (χ0n) is 19.0. The van der Waals surface area contributed by atoms with Gasteiger partial charge in [-0.2, -0.15) is 4.72 Å². The summed E-state index contributed by atoms with van der Waals surface area (Å²) in [6, 6.07) is 13.1. The van der Waals surface area contributed by atoms with Gasteiger partial charge in [0.15, 0.2) is 0 Å². The van der Waals surface area contributed by atoms with Crippen molar-refractivity contribution in [2.75, 3.05) is 11.4 Å². The molecule has 1 aliphatic rings. The van der Waals surface area contributed by atoms with Crippen LogP contribution in [0.1, 0.15) is 51.3 Å². The lowest BCUT2D eigenvalue weighted by molar-refractivity contribution is -0.124. The number of nitrogens with one attached hydrogen (secondary N) is 2. The summed E-state index contributed by atoms with van der Waals surface area (Å²) in [5.74, 6) is -0.609. The summed E-state index contributed by atoms with van der Waals surface area (Å²) in [5, 5.41) is 2.91. The molecule has 0 saturated carbocycles. The molecular formula is C24H31N3O4S. The molecule has 0 saturated heterocycles. The zero-order chi connectivity index (χ0) is 23.5. The number of carbonyl (C=O) groups excluding carboxylic acids is 2. The van der Waals surface area contributed by atoms with E-state index in [-0.39, 0.29) is 28.7 Å². The Hall–Kier alpha value is -2.71. The first-order valence-electron chi connectivity index (χ1n) is 10.9. The van der Waals surface area contributed by atoms with E-state index in [1.165, 1.54) is 6.07 Å². The van der Waals surface area contributed by atoms with Gasteiger partial charge in [-0.25, -0.2) is 8.42 Å². The zero-order valence-corrected chi connectivity index (χ0v) is 19.8. The third-order valence-electron chi connectivity index (χ3n) is 5.75. The molecule has 2 amide bonds. The van der Waals surface area contributed by atoms with Crippen LogP contribution in [0.25, 0.3) is 0 Å². The van der Waals surface area contributed by atoms with Crippen LogP contribution in [0, 0.1) is 5.92 Å². The summed E-state index contributed by atoms with van der Waals surface area (Å²) >= 11 is 0. The Kier molecular flexibility index (Phi) is 7.36. The van der Waals surface area contributed by atoms with Crippen LogP contribution in [0.2, 0.25) is 0 Å². The molecule has 8 heteroatoms. The van der Waals surface area contributed by atoms with E-state index in [2.05, 4.69) is 10.0 Å². The average Bonchev–Trinajstić information content (AvgIpc) is 3.20.